The van der Waals surface area contributed by atoms with Crippen molar-refractivity contribution < 1.29 is 4.74 Å². The zero-order valence-corrected chi connectivity index (χ0v) is 13.7. The molecule has 1 N–H and O–H groups in total. The summed E-state index contributed by atoms with van der Waals surface area (Å²) in [5, 5.41) is 7.94. The smallest absolute Gasteiger partial charge is 0.138 e. The Bertz CT molecular complexity index is 401. The Morgan fingerprint density at radius 1 is 1.38 bits per heavy atom. The van der Waals surface area contributed by atoms with Gasteiger partial charge in [-0.3, -0.25) is 4.68 Å². The topological polar surface area (TPSA) is 52.0 Å². The van der Waals surface area contributed by atoms with E-state index >= 15 is 0 Å². The van der Waals surface area contributed by atoms with Crippen molar-refractivity contribution in [2.75, 3.05) is 13.2 Å². The van der Waals surface area contributed by atoms with Crippen LogP contribution in [0.3, 0.4) is 0 Å². The minimum Gasteiger partial charge on any atom is -0.378 e. The van der Waals surface area contributed by atoms with Crippen LogP contribution >= 0.6 is 0 Å². The number of rotatable bonds is 10. The maximum Gasteiger partial charge on any atom is 0.138 e. The van der Waals surface area contributed by atoms with Gasteiger partial charge in [-0.05, 0) is 45.1 Å². The Labute approximate surface area is 128 Å². The van der Waals surface area contributed by atoms with Crippen LogP contribution in [0.5, 0.6) is 0 Å². The van der Waals surface area contributed by atoms with E-state index in [1.807, 2.05) is 4.68 Å². The van der Waals surface area contributed by atoms with Crippen LogP contribution < -0.4 is 5.32 Å². The Morgan fingerprint density at radius 2 is 2.19 bits per heavy atom. The molecule has 21 heavy (non-hydrogen) atoms. The zero-order valence-electron chi connectivity index (χ0n) is 13.7. The Morgan fingerprint density at radius 3 is 2.86 bits per heavy atom. The minimum absolute atomic E-state index is 0.502. The first-order valence-electron chi connectivity index (χ1n) is 8.48. The van der Waals surface area contributed by atoms with Gasteiger partial charge in [0.25, 0.3) is 0 Å². The molecule has 0 amide bonds. The third-order valence-electron chi connectivity index (χ3n) is 4.27. The Hall–Kier alpha value is -0.940. The van der Waals surface area contributed by atoms with Crippen LogP contribution in [0.2, 0.25) is 0 Å². The molecule has 1 fully saturated rings. The predicted octanol–water partition coefficient (Wildman–Crippen LogP) is 2.41. The largest absolute Gasteiger partial charge is 0.378 e. The average molecular weight is 294 g/mol. The molecule has 1 unspecified atom stereocenters. The third kappa shape index (κ3) is 4.78. The second-order valence-corrected chi connectivity index (χ2v) is 6.01. The average Bonchev–Trinajstić information content (AvgIpc) is 2.84. The molecule has 1 aromatic rings. The highest BCUT2D eigenvalue weighted by Crippen LogP contribution is 2.34. The lowest BCUT2D eigenvalue weighted by atomic mass is 9.77. The molecule has 1 heterocycles. The lowest BCUT2D eigenvalue weighted by Crippen LogP contribution is -2.39. The lowest BCUT2D eigenvalue weighted by molar-refractivity contribution is -0.0290. The summed E-state index contributed by atoms with van der Waals surface area (Å²) in [6, 6.07) is 0.502. The molecule has 120 valence electrons. The summed E-state index contributed by atoms with van der Waals surface area (Å²) in [6.45, 7) is 9.24. The van der Waals surface area contributed by atoms with Crippen LogP contribution in [0.15, 0.2) is 6.33 Å². The van der Waals surface area contributed by atoms with Crippen molar-refractivity contribution in [3.63, 3.8) is 0 Å². The van der Waals surface area contributed by atoms with E-state index in [2.05, 4.69) is 36.2 Å². The third-order valence-corrected chi connectivity index (χ3v) is 4.27. The number of aromatic nitrogens is 3. The van der Waals surface area contributed by atoms with E-state index in [1.165, 1.54) is 19.3 Å². The van der Waals surface area contributed by atoms with Gasteiger partial charge < -0.3 is 10.1 Å². The predicted molar refractivity (Wildman–Crippen MR) is 84.2 cm³/mol. The number of likely N-dealkylation sites (N-methyl/N-ethyl adjacent to an activating group) is 1. The molecular weight excluding hydrogens is 264 g/mol. The highest BCUT2D eigenvalue weighted by atomic mass is 16.5. The number of nitrogens with one attached hydrogen (secondary N) is 1. The number of nitrogens with zero attached hydrogens (tertiary/aromatic N) is 3. The first-order valence-corrected chi connectivity index (χ1v) is 8.48. The van der Waals surface area contributed by atoms with E-state index in [1.54, 1.807) is 6.33 Å². The van der Waals surface area contributed by atoms with Crippen LogP contribution in [0, 0.1) is 5.92 Å². The molecule has 5 heteroatoms. The second-order valence-electron chi connectivity index (χ2n) is 6.01. The monoisotopic (exact) mass is 294 g/mol. The number of hydrogen-bond acceptors (Lipinski definition) is 4. The van der Waals surface area contributed by atoms with Crippen LogP contribution in [0.4, 0.5) is 0 Å². The van der Waals surface area contributed by atoms with E-state index in [0.717, 1.165) is 44.3 Å². The molecular formula is C16H30N4O. The van der Waals surface area contributed by atoms with Crippen LogP contribution in [0.1, 0.15) is 52.3 Å². The molecule has 1 aromatic heterocycles. The summed E-state index contributed by atoms with van der Waals surface area (Å²) in [7, 11) is 0. The highest BCUT2D eigenvalue weighted by Gasteiger charge is 2.31. The number of ether oxygens (including phenoxy) is 1. The van der Waals surface area contributed by atoms with Crippen LogP contribution in [-0.2, 0) is 17.7 Å². The van der Waals surface area contributed by atoms with E-state index in [4.69, 9.17) is 4.74 Å². The van der Waals surface area contributed by atoms with E-state index < -0.39 is 0 Å². The van der Waals surface area contributed by atoms with E-state index in [-0.39, 0.29) is 0 Å². The molecule has 1 aliphatic rings. The van der Waals surface area contributed by atoms with E-state index in [0.29, 0.717) is 12.1 Å². The fourth-order valence-electron chi connectivity index (χ4n) is 3.23. The molecule has 5 nitrogen and oxygen atoms in total. The van der Waals surface area contributed by atoms with Gasteiger partial charge in [-0.25, -0.2) is 4.98 Å². The van der Waals surface area contributed by atoms with Crippen molar-refractivity contribution in [1.29, 1.82) is 0 Å². The SMILES string of the molecule is CCCn1ncnc1CC(CC1CC(OCC)C1)NCC. The van der Waals surface area contributed by atoms with Crippen molar-refractivity contribution in [1.82, 2.24) is 20.1 Å². The molecule has 0 saturated heterocycles. The van der Waals surface area contributed by atoms with Gasteiger partial charge in [-0.15, -0.1) is 0 Å². The van der Waals surface area contributed by atoms with Crippen molar-refractivity contribution in [2.45, 2.75) is 71.6 Å². The standard InChI is InChI=1S/C16H30N4O/c1-4-7-20-16(18-12-19-20)11-14(17-5-2)8-13-9-15(10-13)21-6-3/h12-15,17H,4-11H2,1-3H3. The number of hydrogen-bond donors (Lipinski definition) is 1. The fraction of sp³-hybridized carbons (Fsp3) is 0.875. The molecule has 1 aliphatic carbocycles. The Balaban J connectivity index is 1.83. The molecule has 1 atom stereocenters. The summed E-state index contributed by atoms with van der Waals surface area (Å²) >= 11 is 0. The lowest BCUT2D eigenvalue weighted by Gasteiger charge is -2.37. The van der Waals surface area contributed by atoms with Crippen molar-refractivity contribution in [2.24, 2.45) is 5.92 Å². The van der Waals surface area contributed by atoms with Gasteiger partial charge in [0.2, 0.25) is 0 Å². The first-order chi connectivity index (χ1) is 10.3. The summed E-state index contributed by atoms with van der Waals surface area (Å²) in [4.78, 5) is 4.44. The maximum absolute atomic E-state index is 5.66. The molecule has 0 spiro atoms. The molecule has 0 bridgehead atoms. The Kier molecular flexibility index (Phi) is 6.64. The van der Waals surface area contributed by atoms with Gasteiger partial charge in [-0.1, -0.05) is 13.8 Å². The van der Waals surface area contributed by atoms with Crippen LogP contribution in [0.25, 0.3) is 0 Å². The zero-order chi connectivity index (χ0) is 15.1. The van der Waals surface area contributed by atoms with E-state index in [9.17, 15) is 0 Å². The van der Waals surface area contributed by atoms with Crippen LogP contribution in [-0.4, -0.2) is 40.1 Å². The van der Waals surface area contributed by atoms with Crippen molar-refractivity contribution in [3.8, 4) is 0 Å². The summed E-state index contributed by atoms with van der Waals surface area (Å²) in [5.74, 6) is 1.91. The fourth-order valence-corrected chi connectivity index (χ4v) is 3.23. The van der Waals surface area contributed by atoms with Gasteiger partial charge in [-0.2, -0.15) is 5.10 Å². The summed E-state index contributed by atoms with van der Waals surface area (Å²) in [5.41, 5.74) is 0. The minimum atomic E-state index is 0.502. The molecule has 1 saturated carbocycles. The van der Waals surface area contributed by atoms with Gasteiger partial charge in [0.1, 0.15) is 12.2 Å². The van der Waals surface area contributed by atoms with Gasteiger partial charge >= 0.3 is 0 Å². The van der Waals surface area contributed by atoms with Crippen molar-refractivity contribution in [3.05, 3.63) is 12.2 Å². The molecule has 0 aliphatic heterocycles. The summed E-state index contributed by atoms with van der Waals surface area (Å²) in [6.07, 6.45) is 7.92. The first kappa shape index (κ1) is 16.4. The van der Waals surface area contributed by atoms with Gasteiger partial charge in [0.15, 0.2) is 0 Å². The van der Waals surface area contributed by atoms with Crippen molar-refractivity contribution >= 4 is 0 Å². The second kappa shape index (κ2) is 8.49. The van der Waals surface area contributed by atoms with Gasteiger partial charge in [0, 0.05) is 25.6 Å². The summed E-state index contributed by atoms with van der Waals surface area (Å²) < 4.78 is 7.71. The quantitative estimate of drug-likeness (QED) is 0.720. The maximum atomic E-state index is 5.66. The highest BCUT2D eigenvalue weighted by molar-refractivity contribution is 4.92. The molecule has 0 radical (unpaired) electrons. The normalized spacial score (nSPS) is 23.0. The molecule has 0 aromatic carbocycles. The molecule has 2 rings (SSSR count). The van der Waals surface area contributed by atoms with Gasteiger partial charge in [0.05, 0.1) is 6.10 Å². The number of aryl methyl sites for hydroxylation is 1.